The first-order valence-electron chi connectivity index (χ1n) is 6.76. The van der Waals surface area contributed by atoms with E-state index < -0.39 is 0 Å². The average Bonchev–Trinajstić information content (AvgIpc) is 2.67. The van der Waals surface area contributed by atoms with E-state index in [1.165, 1.54) is 10.2 Å². The van der Waals surface area contributed by atoms with Crippen molar-refractivity contribution in [3.8, 4) is 0 Å². The summed E-state index contributed by atoms with van der Waals surface area (Å²) in [5.74, 6) is 0. The monoisotopic (exact) mass is 313 g/mol. The van der Waals surface area contributed by atoms with Gasteiger partial charge in [-0.2, -0.15) is 5.10 Å². The lowest BCUT2D eigenvalue weighted by Gasteiger charge is -2.17. The van der Waals surface area contributed by atoms with Crippen LogP contribution in [-0.4, -0.2) is 22.4 Å². The number of likely N-dealkylation sites (N-methyl/N-ethyl adjacent to an activating group) is 1. The third-order valence-electron chi connectivity index (χ3n) is 3.08. The van der Waals surface area contributed by atoms with E-state index in [1.54, 1.807) is 0 Å². The van der Waals surface area contributed by atoms with Gasteiger partial charge in [-0.1, -0.05) is 19.9 Å². The molecule has 18 heavy (non-hydrogen) atoms. The normalized spacial score (nSPS) is 12.7. The maximum Gasteiger partial charge on any atom is 0.0766 e. The van der Waals surface area contributed by atoms with Crippen LogP contribution in [0.15, 0.2) is 17.1 Å². The first kappa shape index (κ1) is 15.4. The van der Waals surface area contributed by atoms with E-state index in [1.807, 2.05) is 6.08 Å². The summed E-state index contributed by atoms with van der Waals surface area (Å²) in [5.41, 5.74) is 2.45. The van der Waals surface area contributed by atoms with Gasteiger partial charge in [0.25, 0.3) is 0 Å². The van der Waals surface area contributed by atoms with Crippen molar-refractivity contribution in [2.75, 3.05) is 6.54 Å². The third kappa shape index (κ3) is 3.69. The molecule has 102 valence electrons. The standard InChI is InChI=1S/C14H24BrN3/c1-5-9-11(16-7-3)10-13-14(15)12(6-2)17-18(13)8-4/h5,11,16H,1,6-10H2,2-4H3. The number of nitrogens with one attached hydrogen (secondary N) is 1. The summed E-state index contributed by atoms with van der Waals surface area (Å²) < 4.78 is 3.29. The van der Waals surface area contributed by atoms with Crippen LogP contribution in [0.5, 0.6) is 0 Å². The molecular weight excluding hydrogens is 290 g/mol. The van der Waals surface area contributed by atoms with Crippen LogP contribution in [0.2, 0.25) is 0 Å². The molecule has 0 aliphatic heterocycles. The highest BCUT2D eigenvalue weighted by Crippen LogP contribution is 2.24. The molecule has 1 unspecified atom stereocenters. The van der Waals surface area contributed by atoms with E-state index in [4.69, 9.17) is 0 Å². The Balaban J connectivity index is 2.92. The number of halogens is 1. The zero-order valence-corrected chi connectivity index (χ0v) is 13.3. The van der Waals surface area contributed by atoms with E-state index in [0.717, 1.165) is 38.0 Å². The smallest absolute Gasteiger partial charge is 0.0766 e. The molecule has 0 saturated carbocycles. The topological polar surface area (TPSA) is 29.9 Å². The van der Waals surface area contributed by atoms with Gasteiger partial charge < -0.3 is 5.32 Å². The van der Waals surface area contributed by atoms with Crippen molar-refractivity contribution in [1.82, 2.24) is 15.1 Å². The number of rotatable bonds is 8. The minimum Gasteiger partial charge on any atom is -0.314 e. The van der Waals surface area contributed by atoms with Crippen LogP contribution in [0.4, 0.5) is 0 Å². The SMILES string of the molecule is C=CCC(Cc1c(Br)c(CC)nn1CC)NCC. The van der Waals surface area contributed by atoms with Gasteiger partial charge in [0.05, 0.1) is 15.9 Å². The van der Waals surface area contributed by atoms with Crippen molar-refractivity contribution in [3.05, 3.63) is 28.5 Å². The molecule has 1 atom stereocenters. The first-order valence-corrected chi connectivity index (χ1v) is 7.55. The third-order valence-corrected chi connectivity index (χ3v) is 3.99. The van der Waals surface area contributed by atoms with Gasteiger partial charge in [0.1, 0.15) is 0 Å². The van der Waals surface area contributed by atoms with Crippen LogP contribution in [0, 0.1) is 0 Å². The van der Waals surface area contributed by atoms with E-state index >= 15 is 0 Å². The first-order chi connectivity index (χ1) is 8.67. The van der Waals surface area contributed by atoms with Crippen LogP contribution in [0.25, 0.3) is 0 Å². The molecule has 0 aliphatic rings. The van der Waals surface area contributed by atoms with Crippen molar-refractivity contribution in [3.63, 3.8) is 0 Å². The lowest BCUT2D eigenvalue weighted by molar-refractivity contribution is 0.501. The summed E-state index contributed by atoms with van der Waals surface area (Å²) in [5, 5.41) is 8.14. The largest absolute Gasteiger partial charge is 0.314 e. The number of aryl methyl sites for hydroxylation is 2. The van der Waals surface area contributed by atoms with Gasteiger partial charge in [-0.05, 0) is 42.2 Å². The minimum atomic E-state index is 0.440. The number of hydrogen-bond acceptors (Lipinski definition) is 2. The minimum absolute atomic E-state index is 0.440. The molecule has 1 heterocycles. The molecule has 1 N–H and O–H groups in total. The molecule has 0 spiro atoms. The fraction of sp³-hybridized carbons (Fsp3) is 0.643. The molecule has 1 aromatic rings. The zero-order chi connectivity index (χ0) is 13.5. The Morgan fingerprint density at radius 1 is 1.44 bits per heavy atom. The highest BCUT2D eigenvalue weighted by atomic mass is 79.9. The molecular formula is C14H24BrN3. The van der Waals surface area contributed by atoms with E-state index in [9.17, 15) is 0 Å². The van der Waals surface area contributed by atoms with Crippen molar-refractivity contribution < 1.29 is 0 Å². The molecule has 4 heteroatoms. The van der Waals surface area contributed by atoms with Crippen LogP contribution in [0.1, 0.15) is 38.6 Å². The van der Waals surface area contributed by atoms with Crippen LogP contribution in [0.3, 0.4) is 0 Å². The highest BCUT2D eigenvalue weighted by Gasteiger charge is 2.17. The molecule has 0 bridgehead atoms. The highest BCUT2D eigenvalue weighted by molar-refractivity contribution is 9.10. The second kappa shape index (κ2) is 7.74. The summed E-state index contributed by atoms with van der Waals surface area (Å²) in [6.07, 6.45) is 4.92. The molecule has 0 saturated heterocycles. The Labute approximate surface area is 119 Å². The molecule has 0 aliphatic carbocycles. The van der Waals surface area contributed by atoms with Crippen molar-refractivity contribution in [2.24, 2.45) is 0 Å². The predicted molar refractivity (Wildman–Crippen MR) is 81.0 cm³/mol. The Morgan fingerprint density at radius 3 is 2.67 bits per heavy atom. The second-order valence-electron chi connectivity index (χ2n) is 4.36. The Morgan fingerprint density at radius 2 is 2.17 bits per heavy atom. The maximum atomic E-state index is 4.64. The molecule has 0 aromatic carbocycles. The molecule has 0 fully saturated rings. The van der Waals surface area contributed by atoms with Gasteiger partial charge in [0.2, 0.25) is 0 Å². The van der Waals surface area contributed by atoms with Gasteiger partial charge in [0, 0.05) is 19.0 Å². The van der Waals surface area contributed by atoms with E-state index in [-0.39, 0.29) is 0 Å². The fourth-order valence-electron chi connectivity index (χ4n) is 2.17. The van der Waals surface area contributed by atoms with Gasteiger partial charge >= 0.3 is 0 Å². The molecule has 0 amide bonds. The van der Waals surface area contributed by atoms with Gasteiger partial charge in [-0.25, -0.2) is 0 Å². The molecule has 3 nitrogen and oxygen atoms in total. The molecule has 0 radical (unpaired) electrons. The lowest BCUT2D eigenvalue weighted by atomic mass is 10.1. The average molecular weight is 314 g/mol. The summed E-state index contributed by atoms with van der Waals surface area (Å²) in [6, 6.07) is 0.440. The van der Waals surface area contributed by atoms with Crippen LogP contribution >= 0.6 is 15.9 Å². The predicted octanol–water partition coefficient (Wildman–Crippen LogP) is 3.32. The van der Waals surface area contributed by atoms with Crippen molar-refractivity contribution in [1.29, 1.82) is 0 Å². The lowest BCUT2D eigenvalue weighted by Crippen LogP contribution is -2.31. The Bertz CT molecular complexity index is 385. The van der Waals surface area contributed by atoms with Gasteiger partial charge in [0.15, 0.2) is 0 Å². The van der Waals surface area contributed by atoms with E-state index in [0.29, 0.717) is 6.04 Å². The number of aromatic nitrogens is 2. The van der Waals surface area contributed by atoms with Crippen molar-refractivity contribution >= 4 is 15.9 Å². The second-order valence-corrected chi connectivity index (χ2v) is 5.15. The Kier molecular flexibility index (Phi) is 6.65. The summed E-state index contributed by atoms with van der Waals surface area (Å²) in [4.78, 5) is 0. The summed E-state index contributed by atoms with van der Waals surface area (Å²) in [6.45, 7) is 12.2. The summed E-state index contributed by atoms with van der Waals surface area (Å²) >= 11 is 3.70. The fourth-order valence-corrected chi connectivity index (χ4v) is 2.90. The number of hydrogen-bond donors (Lipinski definition) is 1. The van der Waals surface area contributed by atoms with E-state index in [2.05, 4.69) is 58.4 Å². The quantitative estimate of drug-likeness (QED) is 0.746. The van der Waals surface area contributed by atoms with Crippen LogP contribution < -0.4 is 5.32 Å². The van der Waals surface area contributed by atoms with Gasteiger partial charge in [-0.3, -0.25) is 4.68 Å². The maximum absolute atomic E-state index is 4.64. The molecule has 1 aromatic heterocycles. The van der Waals surface area contributed by atoms with Crippen LogP contribution in [-0.2, 0) is 19.4 Å². The Hall–Kier alpha value is -0.610. The van der Waals surface area contributed by atoms with Gasteiger partial charge in [-0.15, -0.1) is 6.58 Å². The summed E-state index contributed by atoms with van der Waals surface area (Å²) in [7, 11) is 0. The molecule has 1 rings (SSSR count). The van der Waals surface area contributed by atoms with Crippen molar-refractivity contribution in [2.45, 2.75) is 52.6 Å². The zero-order valence-electron chi connectivity index (χ0n) is 11.7. The number of nitrogens with zero attached hydrogens (tertiary/aromatic N) is 2.